The maximum atomic E-state index is 12.8. The normalized spacial score (nSPS) is 14.7. The molecule has 0 atom stereocenters. The summed E-state index contributed by atoms with van der Waals surface area (Å²) in [4.78, 5) is 27.2. The molecule has 1 fully saturated rings. The van der Waals surface area contributed by atoms with E-state index in [1.165, 1.54) is 24.2 Å². The molecule has 3 rings (SSSR count). The van der Waals surface area contributed by atoms with Crippen molar-refractivity contribution >= 4 is 39.3 Å². The fourth-order valence-corrected chi connectivity index (χ4v) is 4.51. The fraction of sp³-hybridized carbons (Fsp3) is 0.350. The van der Waals surface area contributed by atoms with Crippen LogP contribution in [0.15, 0.2) is 56.7 Å². The molecule has 0 aliphatic heterocycles. The van der Waals surface area contributed by atoms with E-state index in [-0.39, 0.29) is 17.6 Å². The number of carbonyl (C=O) groups excluding carboxylic acids is 1. The maximum absolute atomic E-state index is 12.8. The van der Waals surface area contributed by atoms with E-state index in [1.54, 1.807) is 24.1 Å². The van der Waals surface area contributed by atoms with Gasteiger partial charge in [-0.15, -0.1) is 0 Å². The van der Waals surface area contributed by atoms with Crippen molar-refractivity contribution in [1.82, 2.24) is 4.90 Å². The Labute approximate surface area is 171 Å². The molecule has 1 saturated carbocycles. The zero-order chi connectivity index (χ0) is 19.4. The van der Waals surface area contributed by atoms with Crippen LogP contribution < -0.4 is 0 Å². The second-order valence-electron chi connectivity index (χ2n) is 6.70. The minimum absolute atomic E-state index is 0.0363. The standard InChI is InChI=1S/C20H21BrN2O3S/c1-22(16-5-3-2-4-6-16)20(24)14-7-12-19(18(13-14)23(25)26)27-17-10-8-15(21)9-11-17/h7-13,16H,2-6H2,1H3. The molecule has 2 aromatic rings. The second kappa shape index (κ2) is 8.89. The average molecular weight is 449 g/mol. The maximum Gasteiger partial charge on any atom is 0.284 e. The number of amides is 1. The number of carbonyl (C=O) groups is 1. The first kappa shape index (κ1) is 19.9. The summed E-state index contributed by atoms with van der Waals surface area (Å²) in [5, 5.41) is 11.6. The number of nitro benzene ring substituents is 1. The van der Waals surface area contributed by atoms with Gasteiger partial charge in [-0.1, -0.05) is 47.0 Å². The summed E-state index contributed by atoms with van der Waals surface area (Å²) in [6.45, 7) is 0. The molecule has 1 amide bonds. The van der Waals surface area contributed by atoms with Crippen LogP contribution in [0.4, 0.5) is 5.69 Å². The van der Waals surface area contributed by atoms with E-state index in [2.05, 4.69) is 15.9 Å². The van der Waals surface area contributed by atoms with Crippen LogP contribution in [-0.2, 0) is 0 Å². The topological polar surface area (TPSA) is 63.5 Å². The molecule has 0 bridgehead atoms. The van der Waals surface area contributed by atoms with Gasteiger partial charge in [-0.3, -0.25) is 14.9 Å². The molecule has 0 radical (unpaired) electrons. The Kier molecular flexibility index (Phi) is 6.55. The van der Waals surface area contributed by atoms with Gasteiger partial charge in [0.25, 0.3) is 11.6 Å². The van der Waals surface area contributed by atoms with E-state index in [4.69, 9.17) is 0 Å². The summed E-state index contributed by atoms with van der Waals surface area (Å²) in [6.07, 6.45) is 5.48. The van der Waals surface area contributed by atoms with Gasteiger partial charge in [0.05, 0.1) is 9.82 Å². The zero-order valence-corrected chi connectivity index (χ0v) is 17.5. The molecule has 0 N–H and O–H groups in total. The molecule has 0 spiro atoms. The number of rotatable bonds is 5. The van der Waals surface area contributed by atoms with Crippen LogP contribution in [0.25, 0.3) is 0 Å². The molecule has 142 valence electrons. The highest BCUT2D eigenvalue weighted by Crippen LogP contribution is 2.36. The second-order valence-corrected chi connectivity index (χ2v) is 8.73. The van der Waals surface area contributed by atoms with E-state index in [1.807, 2.05) is 24.3 Å². The molecule has 0 unspecified atom stereocenters. The molecule has 5 nitrogen and oxygen atoms in total. The third-order valence-corrected chi connectivity index (χ3v) is 6.49. The minimum atomic E-state index is -0.418. The van der Waals surface area contributed by atoms with Gasteiger partial charge >= 0.3 is 0 Å². The fourth-order valence-electron chi connectivity index (χ4n) is 3.35. The van der Waals surface area contributed by atoms with E-state index in [0.717, 1.165) is 35.1 Å². The largest absolute Gasteiger partial charge is 0.339 e. The third kappa shape index (κ3) is 4.90. The van der Waals surface area contributed by atoms with E-state index in [0.29, 0.717) is 10.5 Å². The van der Waals surface area contributed by atoms with Crippen LogP contribution >= 0.6 is 27.7 Å². The summed E-state index contributed by atoms with van der Waals surface area (Å²) >= 11 is 4.70. The third-order valence-electron chi connectivity index (χ3n) is 4.89. The van der Waals surface area contributed by atoms with Gasteiger partial charge in [0.15, 0.2) is 0 Å². The minimum Gasteiger partial charge on any atom is -0.339 e. The van der Waals surface area contributed by atoms with Crippen molar-refractivity contribution in [2.24, 2.45) is 0 Å². The highest BCUT2D eigenvalue weighted by molar-refractivity contribution is 9.10. The van der Waals surface area contributed by atoms with E-state index < -0.39 is 4.92 Å². The molecule has 0 saturated heterocycles. The van der Waals surface area contributed by atoms with Crippen molar-refractivity contribution in [1.29, 1.82) is 0 Å². The first-order chi connectivity index (χ1) is 13.0. The summed E-state index contributed by atoms with van der Waals surface area (Å²) in [5.74, 6) is -0.148. The zero-order valence-electron chi connectivity index (χ0n) is 15.1. The Balaban J connectivity index is 1.83. The lowest BCUT2D eigenvalue weighted by Crippen LogP contribution is -2.38. The van der Waals surface area contributed by atoms with Gasteiger partial charge in [-0.05, 0) is 49.2 Å². The predicted molar refractivity (Wildman–Crippen MR) is 110 cm³/mol. The molecular formula is C20H21BrN2O3S. The highest BCUT2D eigenvalue weighted by Gasteiger charge is 2.25. The number of halogens is 1. The first-order valence-electron chi connectivity index (χ1n) is 8.95. The Morgan fingerprint density at radius 3 is 2.44 bits per heavy atom. The molecule has 0 heterocycles. The summed E-state index contributed by atoms with van der Waals surface area (Å²) < 4.78 is 0.952. The van der Waals surface area contributed by atoms with Crippen LogP contribution in [0.1, 0.15) is 42.5 Å². The van der Waals surface area contributed by atoms with Crippen molar-refractivity contribution in [3.05, 3.63) is 62.6 Å². The smallest absolute Gasteiger partial charge is 0.284 e. The number of nitro groups is 1. The summed E-state index contributed by atoms with van der Waals surface area (Å²) in [7, 11) is 1.80. The van der Waals surface area contributed by atoms with Gasteiger partial charge < -0.3 is 4.90 Å². The number of benzene rings is 2. The van der Waals surface area contributed by atoms with Gasteiger partial charge in [0, 0.05) is 34.1 Å². The molecule has 2 aromatic carbocycles. The molecule has 1 aliphatic rings. The monoisotopic (exact) mass is 448 g/mol. The lowest BCUT2D eigenvalue weighted by Gasteiger charge is -2.31. The Bertz CT molecular complexity index is 836. The lowest BCUT2D eigenvalue weighted by molar-refractivity contribution is -0.387. The Hall–Kier alpha value is -1.86. The van der Waals surface area contributed by atoms with Crippen LogP contribution in [0.2, 0.25) is 0 Å². The number of hydrogen-bond donors (Lipinski definition) is 0. The van der Waals surface area contributed by atoms with Crippen molar-refractivity contribution in [3.63, 3.8) is 0 Å². The molecular weight excluding hydrogens is 428 g/mol. The van der Waals surface area contributed by atoms with Gasteiger partial charge in [-0.2, -0.15) is 0 Å². The van der Waals surface area contributed by atoms with Gasteiger partial charge in [0.2, 0.25) is 0 Å². The molecule has 1 aliphatic carbocycles. The summed E-state index contributed by atoms with van der Waals surface area (Å²) in [6, 6.07) is 12.6. The Morgan fingerprint density at radius 2 is 1.81 bits per heavy atom. The van der Waals surface area contributed by atoms with Crippen LogP contribution in [0.5, 0.6) is 0 Å². The van der Waals surface area contributed by atoms with Crippen molar-refractivity contribution < 1.29 is 9.72 Å². The van der Waals surface area contributed by atoms with Gasteiger partial charge in [0.1, 0.15) is 0 Å². The van der Waals surface area contributed by atoms with Crippen molar-refractivity contribution in [3.8, 4) is 0 Å². The molecule has 27 heavy (non-hydrogen) atoms. The van der Waals surface area contributed by atoms with Crippen molar-refractivity contribution in [2.75, 3.05) is 7.05 Å². The van der Waals surface area contributed by atoms with Crippen molar-refractivity contribution in [2.45, 2.75) is 47.9 Å². The first-order valence-corrected chi connectivity index (χ1v) is 10.6. The number of nitrogens with zero attached hydrogens (tertiary/aromatic N) is 2. The Morgan fingerprint density at radius 1 is 1.15 bits per heavy atom. The SMILES string of the molecule is CN(C(=O)c1ccc(Sc2ccc(Br)cc2)c([N+](=O)[O-])c1)C1CCCCC1. The quantitative estimate of drug-likeness (QED) is 0.420. The molecule has 7 heteroatoms. The van der Waals surface area contributed by atoms with E-state index in [9.17, 15) is 14.9 Å². The summed E-state index contributed by atoms with van der Waals surface area (Å²) in [5.41, 5.74) is 0.334. The van der Waals surface area contributed by atoms with Crippen LogP contribution in [0.3, 0.4) is 0 Å². The van der Waals surface area contributed by atoms with Gasteiger partial charge in [-0.25, -0.2) is 0 Å². The van der Waals surface area contributed by atoms with Crippen LogP contribution in [-0.4, -0.2) is 28.8 Å². The number of hydrogen-bond acceptors (Lipinski definition) is 4. The molecule has 0 aromatic heterocycles. The highest BCUT2D eigenvalue weighted by atomic mass is 79.9. The lowest BCUT2D eigenvalue weighted by atomic mass is 9.94. The average Bonchev–Trinajstić information content (AvgIpc) is 2.69. The van der Waals surface area contributed by atoms with Crippen LogP contribution in [0, 0.1) is 10.1 Å². The predicted octanol–water partition coefficient (Wildman–Crippen LogP) is 5.91. The van der Waals surface area contributed by atoms with E-state index >= 15 is 0 Å².